The predicted molar refractivity (Wildman–Crippen MR) is 81.8 cm³/mol. The Balaban J connectivity index is 1.78. The molecule has 1 aromatic heterocycles. The summed E-state index contributed by atoms with van der Waals surface area (Å²) in [7, 11) is -1.02. The number of rotatable bonds is 1. The fourth-order valence-electron chi connectivity index (χ4n) is 4.05. The van der Waals surface area contributed by atoms with Gasteiger partial charge in [-0.25, -0.2) is 8.42 Å². The summed E-state index contributed by atoms with van der Waals surface area (Å²) in [6.45, 7) is 0. The first-order chi connectivity index (χ1) is 9.90. The molecule has 0 amide bonds. The molecule has 0 aliphatic carbocycles. The lowest BCUT2D eigenvalue weighted by molar-refractivity contribution is 0.0174. The molecule has 2 aliphatic heterocycles. The van der Waals surface area contributed by atoms with E-state index in [9.17, 15) is 13.5 Å². The number of hydrogen-bond donors (Lipinski definition) is 1. The molecule has 1 N–H and O–H groups in total. The van der Waals surface area contributed by atoms with Crippen molar-refractivity contribution in [2.45, 2.75) is 41.8 Å². The van der Waals surface area contributed by atoms with Crippen LogP contribution in [0.4, 0.5) is 0 Å². The van der Waals surface area contributed by atoms with Crippen molar-refractivity contribution in [1.29, 1.82) is 0 Å². The Morgan fingerprint density at radius 3 is 2.52 bits per heavy atom. The van der Waals surface area contributed by atoms with Crippen LogP contribution < -0.4 is 0 Å². The number of aryl methyl sites for hydroxylation is 1. The van der Waals surface area contributed by atoms with Crippen LogP contribution >= 0.6 is 0 Å². The van der Waals surface area contributed by atoms with Crippen molar-refractivity contribution in [1.82, 2.24) is 4.57 Å². The van der Waals surface area contributed by atoms with E-state index in [1.165, 1.54) is 0 Å². The third-order valence-corrected chi connectivity index (χ3v) is 7.96. The van der Waals surface area contributed by atoms with Crippen LogP contribution in [0, 0.1) is 0 Å². The highest BCUT2D eigenvalue weighted by Gasteiger charge is 2.53. The van der Waals surface area contributed by atoms with Gasteiger partial charge >= 0.3 is 0 Å². The van der Waals surface area contributed by atoms with Crippen LogP contribution in [0.15, 0.2) is 30.5 Å². The maximum absolute atomic E-state index is 12.2. The smallest absolute Gasteiger partial charge is 0.156 e. The van der Waals surface area contributed by atoms with Gasteiger partial charge in [-0.1, -0.05) is 6.07 Å². The Labute approximate surface area is 124 Å². The largest absolute Gasteiger partial charge is 0.385 e. The summed E-state index contributed by atoms with van der Waals surface area (Å²) in [5.74, 6) is 0. The molecule has 0 radical (unpaired) electrons. The molecule has 2 unspecified atom stereocenters. The molecular formula is C16H19NO3S. The van der Waals surface area contributed by atoms with Crippen molar-refractivity contribution >= 4 is 20.7 Å². The summed E-state index contributed by atoms with van der Waals surface area (Å²) < 4.78 is 26.4. The molecule has 5 heteroatoms. The molecule has 2 atom stereocenters. The lowest BCUT2D eigenvalue weighted by Crippen LogP contribution is -2.43. The number of hydrogen-bond acceptors (Lipinski definition) is 3. The van der Waals surface area contributed by atoms with E-state index in [4.69, 9.17) is 0 Å². The van der Waals surface area contributed by atoms with Crippen LogP contribution in [-0.4, -0.2) is 28.6 Å². The second kappa shape index (κ2) is 4.11. The van der Waals surface area contributed by atoms with E-state index < -0.39 is 15.4 Å². The van der Waals surface area contributed by atoms with Gasteiger partial charge in [0, 0.05) is 18.8 Å². The second-order valence-corrected chi connectivity index (χ2v) is 9.06. The summed E-state index contributed by atoms with van der Waals surface area (Å²) in [6, 6.07) is 7.98. The quantitative estimate of drug-likeness (QED) is 0.878. The van der Waals surface area contributed by atoms with E-state index in [1.54, 1.807) is 0 Å². The minimum absolute atomic E-state index is 0.337. The van der Waals surface area contributed by atoms with Crippen molar-refractivity contribution in [2.24, 2.45) is 7.05 Å². The van der Waals surface area contributed by atoms with E-state index in [0.29, 0.717) is 25.7 Å². The van der Waals surface area contributed by atoms with Crippen molar-refractivity contribution in [3.05, 3.63) is 36.0 Å². The minimum Gasteiger partial charge on any atom is -0.385 e. The molecule has 21 heavy (non-hydrogen) atoms. The van der Waals surface area contributed by atoms with E-state index >= 15 is 0 Å². The van der Waals surface area contributed by atoms with Crippen LogP contribution in [0.3, 0.4) is 0 Å². The fraction of sp³-hybridized carbons (Fsp3) is 0.500. The van der Waals surface area contributed by atoms with E-state index in [1.807, 2.05) is 42.1 Å². The van der Waals surface area contributed by atoms with Gasteiger partial charge in [0.15, 0.2) is 9.84 Å². The lowest BCUT2D eigenvalue weighted by atomic mass is 9.85. The Hall–Kier alpha value is -1.33. The molecule has 2 aromatic rings. The van der Waals surface area contributed by atoms with E-state index in [-0.39, 0.29) is 10.5 Å². The molecule has 2 aliphatic rings. The zero-order valence-electron chi connectivity index (χ0n) is 12.0. The van der Waals surface area contributed by atoms with Crippen molar-refractivity contribution < 1.29 is 13.5 Å². The molecular weight excluding hydrogens is 286 g/mol. The highest BCUT2D eigenvalue weighted by molar-refractivity contribution is 7.93. The summed E-state index contributed by atoms with van der Waals surface area (Å²) in [5, 5.41) is 11.4. The first-order valence-electron chi connectivity index (χ1n) is 7.41. The van der Waals surface area contributed by atoms with Gasteiger partial charge in [-0.15, -0.1) is 0 Å². The van der Waals surface area contributed by atoms with E-state index in [0.717, 1.165) is 16.5 Å². The molecule has 2 saturated heterocycles. The monoisotopic (exact) mass is 305 g/mol. The van der Waals surface area contributed by atoms with Gasteiger partial charge in [-0.3, -0.25) is 0 Å². The Morgan fingerprint density at radius 2 is 1.86 bits per heavy atom. The minimum atomic E-state index is -3.01. The molecule has 0 saturated carbocycles. The molecule has 0 spiro atoms. The van der Waals surface area contributed by atoms with Gasteiger partial charge in [0.25, 0.3) is 0 Å². The third kappa shape index (κ3) is 1.80. The van der Waals surface area contributed by atoms with Gasteiger partial charge in [0.05, 0.1) is 16.1 Å². The van der Waals surface area contributed by atoms with Crippen LogP contribution in [0.5, 0.6) is 0 Å². The molecule has 4 nitrogen and oxygen atoms in total. The van der Waals surface area contributed by atoms with Crippen LogP contribution in [0.25, 0.3) is 10.9 Å². The number of aliphatic hydroxyl groups is 1. The zero-order chi connectivity index (χ0) is 14.8. The lowest BCUT2D eigenvalue weighted by Gasteiger charge is -2.36. The Bertz CT molecular complexity index is 801. The molecule has 3 heterocycles. The van der Waals surface area contributed by atoms with Crippen molar-refractivity contribution in [2.75, 3.05) is 0 Å². The summed E-state index contributed by atoms with van der Waals surface area (Å²) >= 11 is 0. The number of sulfone groups is 1. The van der Waals surface area contributed by atoms with Gasteiger partial charge in [0.1, 0.15) is 0 Å². The third-order valence-electron chi connectivity index (χ3n) is 5.29. The second-order valence-electron chi connectivity index (χ2n) is 6.55. The molecule has 2 fully saturated rings. The van der Waals surface area contributed by atoms with Crippen molar-refractivity contribution in [3.63, 3.8) is 0 Å². The number of nitrogens with zero attached hydrogens (tertiary/aromatic N) is 1. The normalized spacial score (nSPS) is 34.4. The first-order valence-corrected chi connectivity index (χ1v) is 9.02. The maximum Gasteiger partial charge on any atom is 0.156 e. The predicted octanol–water partition coefficient (Wildman–Crippen LogP) is 2.11. The van der Waals surface area contributed by atoms with Crippen LogP contribution in [0.2, 0.25) is 0 Å². The van der Waals surface area contributed by atoms with Gasteiger partial charge in [-0.2, -0.15) is 0 Å². The Morgan fingerprint density at radius 1 is 1.19 bits per heavy atom. The maximum atomic E-state index is 12.2. The van der Waals surface area contributed by atoms with Gasteiger partial charge < -0.3 is 9.67 Å². The SMILES string of the molecule is Cn1ccc2cc(C3(O)CC4CCC(C3)S4(=O)=O)ccc21. The van der Waals surface area contributed by atoms with Crippen LogP contribution in [-0.2, 0) is 22.5 Å². The van der Waals surface area contributed by atoms with Gasteiger partial charge in [0.2, 0.25) is 0 Å². The summed E-state index contributed by atoms with van der Waals surface area (Å²) in [6.07, 6.45) is 4.06. The molecule has 4 rings (SSSR count). The summed E-state index contributed by atoms with van der Waals surface area (Å²) in [4.78, 5) is 0. The number of aromatic nitrogens is 1. The topological polar surface area (TPSA) is 59.3 Å². The highest BCUT2D eigenvalue weighted by atomic mass is 32.2. The zero-order valence-corrected chi connectivity index (χ0v) is 12.8. The summed E-state index contributed by atoms with van der Waals surface area (Å²) in [5.41, 5.74) is 0.975. The number of benzene rings is 1. The van der Waals surface area contributed by atoms with Gasteiger partial charge in [-0.05, 0) is 54.8 Å². The molecule has 1 aromatic carbocycles. The van der Waals surface area contributed by atoms with E-state index in [2.05, 4.69) is 0 Å². The Kier molecular flexibility index (Phi) is 2.61. The fourth-order valence-corrected chi connectivity index (χ4v) is 6.54. The highest BCUT2D eigenvalue weighted by Crippen LogP contribution is 2.47. The average Bonchev–Trinajstić information content (AvgIpc) is 2.85. The number of fused-ring (bicyclic) bond motifs is 3. The van der Waals surface area contributed by atoms with Crippen molar-refractivity contribution in [3.8, 4) is 0 Å². The standard InChI is InChI=1S/C16H19NO3S/c1-17-7-6-11-8-12(2-5-15(11)17)16(18)9-13-3-4-14(10-16)21(13,19)20/h2,5-8,13-14,18H,3-4,9-10H2,1H3. The van der Waals surface area contributed by atoms with Crippen LogP contribution in [0.1, 0.15) is 31.2 Å². The molecule has 2 bridgehead atoms. The average molecular weight is 305 g/mol. The molecule has 112 valence electrons. The first kappa shape index (κ1) is 13.3.